The van der Waals surface area contributed by atoms with Gasteiger partial charge in [0.25, 0.3) is 0 Å². The highest BCUT2D eigenvalue weighted by Gasteiger charge is 2.54. The molecular weight excluding hydrogens is 314 g/mol. The van der Waals surface area contributed by atoms with Crippen molar-refractivity contribution in [3.8, 4) is 5.75 Å². The van der Waals surface area contributed by atoms with E-state index >= 15 is 0 Å². The summed E-state index contributed by atoms with van der Waals surface area (Å²) >= 11 is 0. The third-order valence-corrected chi connectivity index (χ3v) is 6.24. The first-order valence-corrected chi connectivity index (χ1v) is 9.53. The number of piperazine rings is 1. The molecule has 1 saturated carbocycles. The lowest BCUT2D eigenvalue weighted by Gasteiger charge is -2.33. The number of aryl methyl sites for hydroxylation is 1. The number of benzene rings is 1. The molecule has 1 amide bonds. The molecule has 1 aromatic carbocycles. The third kappa shape index (κ3) is 3.04. The lowest BCUT2D eigenvalue weighted by Crippen LogP contribution is -2.49. The van der Waals surface area contributed by atoms with Gasteiger partial charge in [0.15, 0.2) is 0 Å². The fourth-order valence-corrected chi connectivity index (χ4v) is 4.44. The quantitative estimate of drug-likeness (QED) is 0.901. The molecule has 1 N–H and O–H groups in total. The summed E-state index contributed by atoms with van der Waals surface area (Å²) in [7, 11) is 1.70. The van der Waals surface area contributed by atoms with Crippen LogP contribution in [0.15, 0.2) is 18.2 Å². The van der Waals surface area contributed by atoms with Gasteiger partial charge in [-0.1, -0.05) is 12.1 Å². The Balaban J connectivity index is 1.47. The van der Waals surface area contributed by atoms with Crippen molar-refractivity contribution in [3.05, 3.63) is 29.3 Å². The lowest BCUT2D eigenvalue weighted by molar-refractivity contribution is -0.133. The van der Waals surface area contributed by atoms with E-state index in [1.807, 2.05) is 6.92 Å². The minimum atomic E-state index is -0.292. The van der Waals surface area contributed by atoms with Gasteiger partial charge in [-0.2, -0.15) is 0 Å². The van der Waals surface area contributed by atoms with Crippen molar-refractivity contribution in [3.63, 3.8) is 0 Å². The van der Waals surface area contributed by atoms with Crippen molar-refractivity contribution in [2.45, 2.75) is 37.6 Å². The van der Waals surface area contributed by atoms with E-state index in [-0.39, 0.29) is 5.41 Å². The molecule has 4 rings (SSSR count). The summed E-state index contributed by atoms with van der Waals surface area (Å²) in [6.45, 7) is 8.18. The van der Waals surface area contributed by atoms with Gasteiger partial charge < -0.3 is 15.0 Å². The first kappa shape index (κ1) is 16.9. The van der Waals surface area contributed by atoms with Gasteiger partial charge in [0.2, 0.25) is 5.91 Å². The smallest absolute Gasteiger partial charge is 0.233 e. The van der Waals surface area contributed by atoms with Gasteiger partial charge in [0, 0.05) is 45.3 Å². The van der Waals surface area contributed by atoms with Crippen molar-refractivity contribution in [2.24, 2.45) is 0 Å². The molecule has 3 fully saturated rings. The Kier molecular flexibility index (Phi) is 4.46. The molecule has 0 aromatic heterocycles. The zero-order valence-corrected chi connectivity index (χ0v) is 15.4. The number of likely N-dealkylation sites (tertiary alicyclic amines) is 1. The van der Waals surface area contributed by atoms with Gasteiger partial charge in [0.1, 0.15) is 5.75 Å². The van der Waals surface area contributed by atoms with Crippen molar-refractivity contribution < 1.29 is 9.53 Å². The van der Waals surface area contributed by atoms with Crippen LogP contribution in [0, 0.1) is 6.92 Å². The summed E-state index contributed by atoms with van der Waals surface area (Å²) in [6.07, 6.45) is 3.04. The first-order chi connectivity index (χ1) is 12.1. The Bertz CT molecular complexity index is 650. The van der Waals surface area contributed by atoms with Crippen LogP contribution in [0.1, 0.15) is 30.4 Å². The number of nitrogens with zero attached hydrogens (tertiary/aromatic N) is 2. The zero-order chi connectivity index (χ0) is 17.4. The Morgan fingerprint density at radius 2 is 2.00 bits per heavy atom. The predicted octanol–water partition coefficient (Wildman–Crippen LogP) is 1.54. The Morgan fingerprint density at radius 3 is 2.68 bits per heavy atom. The second-order valence-corrected chi connectivity index (χ2v) is 7.75. The summed E-state index contributed by atoms with van der Waals surface area (Å²) in [5.74, 6) is 1.22. The molecule has 2 aliphatic heterocycles. The molecule has 1 atom stereocenters. The van der Waals surface area contributed by atoms with E-state index in [1.54, 1.807) is 7.11 Å². The molecule has 1 unspecified atom stereocenters. The van der Waals surface area contributed by atoms with E-state index in [0.717, 1.165) is 75.4 Å². The van der Waals surface area contributed by atoms with Crippen LogP contribution in [0.2, 0.25) is 0 Å². The molecule has 2 saturated heterocycles. The van der Waals surface area contributed by atoms with Gasteiger partial charge in [-0.25, -0.2) is 0 Å². The Labute approximate surface area is 150 Å². The van der Waals surface area contributed by atoms with Gasteiger partial charge >= 0.3 is 0 Å². The number of hydrogen-bond donors (Lipinski definition) is 1. The second kappa shape index (κ2) is 6.61. The van der Waals surface area contributed by atoms with Crippen molar-refractivity contribution in [1.29, 1.82) is 0 Å². The summed E-state index contributed by atoms with van der Waals surface area (Å²) < 4.78 is 5.47. The molecule has 1 aromatic rings. The van der Waals surface area contributed by atoms with Gasteiger partial charge in [-0.15, -0.1) is 0 Å². The van der Waals surface area contributed by atoms with E-state index < -0.39 is 0 Å². The highest BCUT2D eigenvalue weighted by Crippen LogP contribution is 2.51. The number of ether oxygens (including phenoxy) is 1. The van der Waals surface area contributed by atoms with Gasteiger partial charge in [-0.05, 0) is 43.4 Å². The van der Waals surface area contributed by atoms with E-state index in [1.165, 1.54) is 0 Å². The summed E-state index contributed by atoms with van der Waals surface area (Å²) in [5, 5.41) is 3.41. The maximum atomic E-state index is 13.3. The van der Waals surface area contributed by atoms with Crippen LogP contribution in [-0.2, 0) is 10.2 Å². The third-order valence-electron chi connectivity index (χ3n) is 6.24. The number of hydrogen-bond acceptors (Lipinski definition) is 4. The highest BCUT2D eigenvalue weighted by molar-refractivity contribution is 5.91. The van der Waals surface area contributed by atoms with E-state index in [0.29, 0.717) is 11.9 Å². The average molecular weight is 343 g/mol. The van der Waals surface area contributed by atoms with Crippen LogP contribution in [0.25, 0.3) is 0 Å². The molecule has 0 radical (unpaired) electrons. The van der Waals surface area contributed by atoms with Crippen LogP contribution >= 0.6 is 0 Å². The maximum absolute atomic E-state index is 13.3. The van der Waals surface area contributed by atoms with Gasteiger partial charge in [-0.3, -0.25) is 9.69 Å². The van der Waals surface area contributed by atoms with Crippen LogP contribution in [-0.4, -0.2) is 68.1 Å². The number of amides is 1. The Morgan fingerprint density at radius 1 is 1.24 bits per heavy atom. The molecular formula is C20H29N3O2. The minimum absolute atomic E-state index is 0.292. The number of methoxy groups -OCH3 is 1. The predicted molar refractivity (Wildman–Crippen MR) is 98.1 cm³/mol. The van der Waals surface area contributed by atoms with Crippen molar-refractivity contribution in [2.75, 3.05) is 46.4 Å². The monoisotopic (exact) mass is 343 g/mol. The van der Waals surface area contributed by atoms with Crippen LogP contribution in [0.4, 0.5) is 0 Å². The summed E-state index contributed by atoms with van der Waals surface area (Å²) in [5.41, 5.74) is 1.96. The molecule has 5 nitrogen and oxygen atoms in total. The fraction of sp³-hybridized carbons (Fsp3) is 0.650. The number of nitrogens with one attached hydrogen (secondary N) is 1. The minimum Gasteiger partial charge on any atom is -0.496 e. The lowest BCUT2D eigenvalue weighted by atomic mass is 9.93. The standard InChI is InChI=1S/C20H29N3O2/c1-15-3-4-16(13-18(15)25-2)20(6-7-20)19(24)23-10-5-17(14-23)22-11-8-21-9-12-22/h3-4,13,17,21H,5-12,14H2,1-2H3. The fourth-order valence-electron chi connectivity index (χ4n) is 4.44. The summed E-state index contributed by atoms with van der Waals surface area (Å²) in [4.78, 5) is 18.0. The molecule has 0 spiro atoms. The van der Waals surface area contributed by atoms with Crippen molar-refractivity contribution >= 4 is 5.91 Å². The largest absolute Gasteiger partial charge is 0.496 e. The average Bonchev–Trinajstić information content (AvgIpc) is 3.31. The van der Waals surface area contributed by atoms with Crippen LogP contribution in [0.5, 0.6) is 5.75 Å². The molecule has 25 heavy (non-hydrogen) atoms. The Hall–Kier alpha value is -1.59. The molecule has 5 heteroatoms. The maximum Gasteiger partial charge on any atom is 0.233 e. The van der Waals surface area contributed by atoms with E-state index in [4.69, 9.17) is 4.74 Å². The normalized spacial score (nSPS) is 25.8. The SMILES string of the molecule is COc1cc(C2(C(=O)N3CCC(N4CCNCC4)C3)CC2)ccc1C. The second-order valence-electron chi connectivity index (χ2n) is 7.75. The number of carbonyl (C=O) groups excluding carboxylic acids is 1. The van der Waals surface area contributed by atoms with E-state index in [2.05, 4.69) is 33.3 Å². The molecule has 3 aliphatic rings. The van der Waals surface area contributed by atoms with Crippen molar-refractivity contribution in [1.82, 2.24) is 15.1 Å². The number of carbonyl (C=O) groups is 1. The van der Waals surface area contributed by atoms with Crippen LogP contribution in [0.3, 0.4) is 0 Å². The molecule has 136 valence electrons. The molecule has 2 heterocycles. The van der Waals surface area contributed by atoms with Gasteiger partial charge in [0.05, 0.1) is 12.5 Å². The topological polar surface area (TPSA) is 44.8 Å². The first-order valence-electron chi connectivity index (χ1n) is 9.53. The summed E-state index contributed by atoms with van der Waals surface area (Å²) in [6, 6.07) is 6.81. The van der Waals surface area contributed by atoms with E-state index in [9.17, 15) is 4.79 Å². The highest BCUT2D eigenvalue weighted by atomic mass is 16.5. The molecule has 1 aliphatic carbocycles. The number of rotatable bonds is 4. The zero-order valence-electron chi connectivity index (χ0n) is 15.4. The molecule has 0 bridgehead atoms. The van der Waals surface area contributed by atoms with Crippen LogP contribution < -0.4 is 10.1 Å².